The van der Waals surface area contributed by atoms with Crippen molar-refractivity contribution in [3.05, 3.63) is 70.8 Å². The highest BCUT2D eigenvalue weighted by molar-refractivity contribution is 6.06. The number of carbonyl (C=O) groups is 1. The van der Waals surface area contributed by atoms with Crippen LogP contribution >= 0.6 is 0 Å². The Morgan fingerprint density at radius 3 is 2.57 bits per heavy atom. The first-order valence-electron chi connectivity index (χ1n) is 6.84. The Bertz CT molecular complexity index is 657. The maximum atomic E-state index is 12.1. The Morgan fingerprint density at radius 1 is 1.19 bits per heavy atom. The SMILES string of the molecule is C/C(=C/c1ccc(C)cc1)C(=O)Nc1cccc(CO)c1. The fraction of sp³-hybridized carbons (Fsp3) is 0.167. The van der Waals surface area contributed by atoms with Crippen molar-refractivity contribution >= 4 is 17.7 Å². The van der Waals surface area contributed by atoms with Gasteiger partial charge in [0.15, 0.2) is 0 Å². The number of rotatable bonds is 4. The molecule has 2 rings (SSSR count). The Morgan fingerprint density at radius 2 is 1.90 bits per heavy atom. The molecule has 2 aromatic carbocycles. The van der Waals surface area contributed by atoms with E-state index in [1.807, 2.05) is 43.3 Å². The second kappa shape index (κ2) is 6.86. The van der Waals surface area contributed by atoms with E-state index in [1.165, 1.54) is 5.56 Å². The molecule has 0 aromatic heterocycles. The van der Waals surface area contributed by atoms with Gasteiger partial charge >= 0.3 is 0 Å². The molecule has 0 spiro atoms. The molecule has 0 aliphatic carbocycles. The number of amides is 1. The van der Waals surface area contributed by atoms with Crippen molar-refractivity contribution in [3.63, 3.8) is 0 Å². The predicted octanol–water partition coefficient (Wildman–Crippen LogP) is 3.53. The third kappa shape index (κ3) is 4.29. The quantitative estimate of drug-likeness (QED) is 0.842. The van der Waals surface area contributed by atoms with E-state index in [1.54, 1.807) is 25.1 Å². The molecule has 1 amide bonds. The molecule has 0 saturated carbocycles. The van der Waals surface area contributed by atoms with Crippen LogP contribution in [0.4, 0.5) is 5.69 Å². The van der Waals surface area contributed by atoms with Crippen LogP contribution in [-0.2, 0) is 11.4 Å². The van der Waals surface area contributed by atoms with Crippen LogP contribution < -0.4 is 5.32 Å². The monoisotopic (exact) mass is 281 g/mol. The minimum Gasteiger partial charge on any atom is -0.392 e. The maximum Gasteiger partial charge on any atom is 0.251 e. The normalized spacial score (nSPS) is 11.3. The number of aryl methyl sites for hydroxylation is 1. The first-order valence-corrected chi connectivity index (χ1v) is 6.84. The van der Waals surface area contributed by atoms with E-state index in [-0.39, 0.29) is 12.5 Å². The van der Waals surface area contributed by atoms with E-state index in [9.17, 15) is 4.79 Å². The Kier molecular flexibility index (Phi) is 4.90. The highest BCUT2D eigenvalue weighted by Gasteiger charge is 2.05. The van der Waals surface area contributed by atoms with Crippen LogP contribution in [0.25, 0.3) is 6.08 Å². The second-order valence-electron chi connectivity index (χ2n) is 5.05. The highest BCUT2D eigenvalue weighted by atomic mass is 16.3. The van der Waals surface area contributed by atoms with Crippen LogP contribution in [0, 0.1) is 6.92 Å². The fourth-order valence-corrected chi connectivity index (χ4v) is 1.96. The summed E-state index contributed by atoms with van der Waals surface area (Å²) >= 11 is 0. The molecule has 0 heterocycles. The zero-order valence-corrected chi connectivity index (χ0v) is 12.3. The lowest BCUT2D eigenvalue weighted by atomic mass is 10.1. The van der Waals surface area contributed by atoms with E-state index in [0.717, 1.165) is 11.1 Å². The number of hydrogen-bond acceptors (Lipinski definition) is 2. The fourth-order valence-electron chi connectivity index (χ4n) is 1.96. The summed E-state index contributed by atoms with van der Waals surface area (Å²) in [6.45, 7) is 3.77. The van der Waals surface area contributed by atoms with Crippen molar-refractivity contribution in [2.24, 2.45) is 0 Å². The molecule has 3 heteroatoms. The van der Waals surface area contributed by atoms with Gasteiger partial charge in [0.25, 0.3) is 5.91 Å². The molecule has 108 valence electrons. The Hall–Kier alpha value is -2.39. The van der Waals surface area contributed by atoms with Gasteiger partial charge in [-0.2, -0.15) is 0 Å². The number of carbonyl (C=O) groups excluding carboxylic acids is 1. The van der Waals surface area contributed by atoms with Crippen LogP contribution in [0.5, 0.6) is 0 Å². The zero-order chi connectivity index (χ0) is 15.2. The van der Waals surface area contributed by atoms with Crippen molar-refractivity contribution in [3.8, 4) is 0 Å². The number of benzene rings is 2. The minimum atomic E-state index is -0.148. The van der Waals surface area contributed by atoms with Gasteiger partial charge in [-0.25, -0.2) is 0 Å². The van der Waals surface area contributed by atoms with Gasteiger partial charge in [-0.3, -0.25) is 4.79 Å². The van der Waals surface area contributed by atoms with Crippen molar-refractivity contribution in [2.75, 3.05) is 5.32 Å². The van der Waals surface area contributed by atoms with E-state index in [0.29, 0.717) is 11.3 Å². The van der Waals surface area contributed by atoms with Crippen LogP contribution in [0.2, 0.25) is 0 Å². The summed E-state index contributed by atoms with van der Waals surface area (Å²) in [5.41, 5.74) is 4.27. The summed E-state index contributed by atoms with van der Waals surface area (Å²) in [5, 5.41) is 11.9. The number of aliphatic hydroxyl groups excluding tert-OH is 1. The third-order valence-corrected chi connectivity index (χ3v) is 3.19. The molecule has 0 unspecified atom stereocenters. The summed E-state index contributed by atoms with van der Waals surface area (Å²) in [5.74, 6) is -0.148. The highest BCUT2D eigenvalue weighted by Crippen LogP contribution is 2.13. The molecule has 21 heavy (non-hydrogen) atoms. The molecule has 0 aliphatic heterocycles. The summed E-state index contributed by atoms with van der Waals surface area (Å²) < 4.78 is 0. The van der Waals surface area contributed by atoms with E-state index in [4.69, 9.17) is 5.11 Å². The van der Waals surface area contributed by atoms with Gasteiger partial charge in [-0.05, 0) is 43.2 Å². The number of hydrogen-bond donors (Lipinski definition) is 2. The molecule has 0 radical (unpaired) electrons. The van der Waals surface area contributed by atoms with Gasteiger partial charge in [0, 0.05) is 11.3 Å². The molecule has 2 N–H and O–H groups in total. The number of nitrogens with one attached hydrogen (secondary N) is 1. The van der Waals surface area contributed by atoms with Crippen LogP contribution in [0.3, 0.4) is 0 Å². The van der Waals surface area contributed by atoms with E-state index >= 15 is 0 Å². The number of aliphatic hydroxyl groups is 1. The zero-order valence-electron chi connectivity index (χ0n) is 12.3. The molecular formula is C18H19NO2. The van der Waals surface area contributed by atoms with E-state index in [2.05, 4.69) is 5.32 Å². The van der Waals surface area contributed by atoms with Crippen LogP contribution in [0.1, 0.15) is 23.6 Å². The average molecular weight is 281 g/mol. The lowest BCUT2D eigenvalue weighted by Crippen LogP contribution is -2.12. The van der Waals surface area contributed by atoms with Gasteiger partial charge in [0.05, 0.1) is 6.61 Å². The second-order valence-corrected chi connectivity index (χ2v) is 5.05. The van der Waals surface area contributed by atoms with Crippen molar-refractivity contribution in [1.29, 1.82) is 0 Å². The number of anilines is 1. The molecule has 0 bridgehead atoms. The molecular weight excluding hydrogens is 262 g/mol. The molecule has 0 saturated heterocycles. The van der Waals surface area contributed by atoms with Crippen molar-refractivity contribution in [1.82, 2.24) is 0 Å². The van der Waals surface area contributed by atoms with E-state index < -0.39 is 0 Å². The van der Waals surface area contributed by atoms with Crippen LogP contribution in [0.15, 0.2) is 54.1 Å². The first kappa shape index (κ1) is 15.0. The average Bonchev–Trinajstić information content (AvgIpc) is 2.49. The molecule has 3 nitrogen and oxygen atoms in total. The first-order chi connectivity index (χ1) is 10.1. The molecule has 0 atom stereocenters. The molecule has 0 aliphatic rings. The third-order valence-electron chi connectivity index (χ3n) is 3.19. The smallest absolute Gasteiger partial charge is 0.251 e. The van der Waals surface area contributed by atoms with Crippen molar-refractivity contribution < 1.29 is 9.90 Å². The van der Waals surface area contributed by atoms with Crippen LogP contribution in [-0.4, -0.2) is 11.0 Å². The molecule has 2 aromatic rings. The standard InChI is InChI=1S/C18H19NO2/c1-13-6-8-15(9-7-13)10-14(2)18(21)19-17-5-3-4-16(11-17)12-20/h3-11,20H,12H2,1-2H3,(H,19,21)/b14-10-. The lowest BCUT2D eigenvalue weighted by Gasteiger charge is -2.07. The summed E-state index contributed by atoms with van der Waals surface area (Å²) in [6, 6.07) is 15.2. The summed E-state index contributed by atoms with van der Waals surface area (Å²) in [6.07, 6.45) is 1.85. The lowest BCUT2D eigenvalue weighted by molar-refractivity contribution is -0.112. The Balaban J connectivity index is 2.10. The topological polar surface area (TPSA) is 49.3 Å². The van der Waals surface area contributed by atoms with Gasteiger partial charge in [0.1, 0.15) is 0 Å². The Labute approximate surface area is 124 Å². The van der Waals surface area contributed by atoms with Gasteiger partial charge in [0.2, 0.25) is 0 Å². The van der Waals surface area contributed by atoms with Gasteiger partial charge in [-0.15, -0.1) is 0 Å². The summed E-state index contributed by atoms with van der Waals surface area (Å²) in [7, 11) is 0. The van der Waals surface area contributed by atoms with Crippen molar-refractivity contribution in [2.45, 2.75) is 20.5 Å². The predicted molar refractivity (Wildman–Crippen MR) is 85.8 cm³/mol. The molecule has 0 fully saturated rings. The minimum absolute atomic E-state index is 0.0398. The maximum absolute atomic E-state index is 12.1. The van der Waals surface area contributed by atoms with Gasteiger partial charge in [-0.1, -0.05) is 42.0 Å². The summed E-state index contributed by atoms with van der Waals surface area (Å²) in [4.78, 5) is 12.1. The largest absolute Gasteiger partial charge is 0.392 e. The van der Waals surface area contributed by atoms with Gasteiger partial charge < -0.3 is 10.4 Å².